The lowest BCUT2D eigenvalue weighted by atomic mass is 10.00. The van der Waals surface area contributed by atoms with E-state index >= 15 is 0 Å². The first-order chi connectivity index (χ1) is 7.42. The largest absolute Gasteiger partial charge is 0.334 e. The highest BCUT2D eigenvalue weighted by molar-refractivity contribution is 5.11. The van der Waals surface area contributed by atoms with Gasteiger partial charge in [-0.3, -0.25) is 0 Å². The second kappa shape index (κ2) is 4.99. The normalized spacial score (nSPS) is 15.9. The van der Waals surface area contributed by atoms with Crippen LogP contribution in [-0.2, 0) is 6.54 Å². The van der Waals surface area contributed by atoms with Crippen LogP contribution in [0.1, 0.15) is 30.9 Å². The van der Waals surface area contributed by atoms with Crippen molar-refractivity contribution in [1.29, 1.82) is 0 Å². The van der Waals surface area contributed by atoms with Crippen molar-refractivity contribution < 1.29 is 0 Å². The van der Waals surface area contributed by atoms with Crippen LogP contribution in [0.3, 0.4) is 0 Å². The Morgan fingerprint density at radius 2 is 2.40 bits per heavy atom. The monoisotopic (exact) mass is 203 g/mol. The molecule has 15 heavy (non-hydrogen) atoms. The first-order valence-corrected chi connectivity index (χ1v) is 5.56. The zero-order valence-electron chi connectivity index (χ0n) is 8.95. The van der Waals surface area contributed by atoms with Crippen molar-refractivity contribution in [2.45, 2.75) is 31.7 Å². The molecule has 0 aliphatic carbocycles. The van der Waals surface area contributed by atoms with Crippen molar-refractivity contribution in [3.63, 3.8) is 0 Å². The summed E-state index contributed by atoms with van der Waals surface area (Å²) in [5, 5.41) is 3.29. The van der Waals surface area contributed by atoms with Gasteiger partial charge in [0, 0.05) is 43.9 Å². The van der Waals surface area contributed by atoms with Gasteiger partial charge in [-0.1, -0.05) is 0 Å². The highest BCUT2D eigenvalue weighted by atomic mass is 15.1. The van der Waals surface area contributed by atoms with Crippen LogP contribution < -0.4 is 5.32 Å². The van der Waals surface area contributed by atoms with Crippen molar-refractivity contribution in [2.24, 2.45) is 0 Å². The SMILES string of the molecule is C#CCCCCn1cncc1C1CNC1. The van der Waals surface area contributed by atoms with Crippen LogP contribution in [0.5, 0.6) is 0 Å². The molecular formula is C12H17N3. The Labute approximate surface area is 90.9 Å². The number of aryl methyl sites for hydroxylation is 1. The van der Waals surface area contributed by atoms with Gasteiger partial charge >= 0.3 is 0 Å². The Kier molecular flexibility index (Phi) is 3.41. The van der Waals surface area contributed by atoms with E-state index in [2.05, 4.69) is 20.8 Å². The van der Waals surface area contributed by atoms with Crippen molar-refractivity contribution >= 4 is 0 Å². The predicted octanol–water partition coefficient (Wildman–Crippen LogP) is 1.37. The number of aromatic nitrogens is 2. The number of imidazole rings is 1. The van der Waals surface area contributed by atoms with Crippen molar-refractivity contribution in [3.05, 3.63) is 18.2 Å². The van der Waals surface area contributed by atoms with Gasteiger partial charge in [-0.2, -0.15) is 0 Å². The summed E-state index contributed by atoms with van der Waals surface area (Å²) in [6.45, 7) is 3.24. The van der Waals surface area contributed by atoms with E-state index < -0.39 is 0 Å². The third-order valence-corrected chi connectivity index (χ3v) is 2.91. The maximum Gasteiger partial charge on any atom is 0.0948 e. The van der Waals surface area contributed by atoms with Crippen LogP contribution in [0.25, 0.3) is 0 Å². The summed E-state index contributed by atoms with van der Waals surface area (Å²) in [5.74, 6) is 3.34. The molecule has 0 aromatic carbocycles. The molecular weight excluding hydrogens is 186 g/mol. The van der Waals surface area contributed by atoms with Gasteiger partial charge in [0.05, 0.1) is 6.33 Å². The van der Waals surface area contributed by atoms with E-state index in [1.54, 1.807) is 0 Å². The molecule has 1 fully saturated rings. The molecule has 0 saturated carbocycles. The minimum absolute atomic E-state index is 0.667. The average molecular weight is 203 g/mol. The van der Waals surface area contributed by atoms with E-state index in [1.165, 1.54) is 5.69 Å². The van der Waals surface area contributed by atoms with Gasteiger partial charge in [-0.05, 0) is 12.8 Å². The molecule has 0 spiro atoms. The molecule has 1 aliphatic heterocycles. The zero-order valence-corrected chi connectivity index (χ0v) is 8.95. The molecule has 0 atom stereocenters. The Balaban J connectivity index is 1.85. The molecule has 0 radical (unpaired) electrons. The topological polar surface area (TPSA) is 29.9 Å². The minimum Gasteiger partial charge on any atom is -0.334 e. The number of rotatable bonds is 5. The van der Waals surface area contributed by atoms with Crippen LogP contribution >= 0.6 is 0 Å². The number of unbranched alkanes of at least 4 members (excludes halogenated alkanes) is 2. The highest BCUT2D eigenvalue weighted by Crippen LogP contribution is 2.19. The fraction of sp³-hybridized carbons (Fsp3) is 0.583. The van der Waals surface area contributed by atoms with Gasteiger partial charge in [0.1, 0.15) is 0 Å². The molecule has 1 N–H and O–H groups in total. The van der Waals surface area contributed by atoms with Crippen LogP contribution in [0, 0.1) is 12.3 Å². The van der Waals surface area contributed by atoms with Gasteiger partial charge in [0.15, 0.2) is 0 Å². The molecule has 1 aromatic heterocycles. The Morgan fingerprint density at radius 1 is 1.53 bits per heavy atom. The van der Waals surface area contributed by atoms with Gasteiger partial charge in [0.25, 0.3) is 0 Å². The van der Waals surface area contributed by atoms with Crippen molar-refractivity contribution in [3.8, 4) is 12.3 Å². The van der Waals surface area contributed by atoms with Gasteiger partial charge in [0.2, 0.25) is 0 Å². The van der Waals surface area contributed by atoms with Crippen LogP contribution in [-0.4, -0.2) is 22.6 Å². The Morgan fingerprint density at radius 3 is 3.07 bits per heavy atom. The third kappa shape index (κ3) is 2.40. The number of hydrogen-bond donors (Lipinski definition) is 1. The molecule has 2 heterocycles. The molecule has 0 bridgehead atoms. The molecule has 3 nitrogen and oxygen atoms in total. The lowest BCUT2D eigenvalue weighted by molar-refractivity contribution is 0.420. The second-order valence-electron chi connectivity index (χ2n) is 4.03. The number of hydrogen-bond acceptors (Lipinski definition) is 2. The summed E-state index contributed by atoms with van der Waals surface area (Å²) in [6, 6.07) is 0. The molecule has 1 saturated heterocycles. The fourth-order valence-electron chi connectivity index (χ4n) is 1.86. The maximum atomic E-state index is 5.22. The van der Waals surface area contributed by atoms with Crippen LogP contribution in [0.4, 0.5) is 0 Å². The minimum atomic E-state index is 0.667. The first kappa shape index (κ1) is 10.3. The van der Waals surface area contributed by atoms with Crippen LogP contribution in [0.15, 0.2) is 12.5 Å². The summed E-state index contributed by atoms with van der Waals surface area (Å²) < 4.78 is 2.27. The van der Waals surface area contributed by atoms with Crippen LogP contribution in [0.2, 0.25) is 0 Å². The van der Waals surface area contributed by atoms with E-state index in [4.69, 9.17) is 6.42 Å². The lowest BCUT2D eigenvalue weighted by Gasteiger charge is -2.27. The summed E-state index contributed by atoms with van der Waals surface area (Å²) in [7, 11) is 0. The fourth-order valence-corrected chi connectivity index (χ4v) is 1.86. The van der Waals surface area contributed by atoms with E-state index in [-0.39, 0.29) is 0 Å². The average Bonchev–Trinajstić information content (AvgIpc) is 2.58. The summed E-state index contributed by atoms with van der Waals surface area (Å²) in [5.41, 5.74) is 1.37. The van der Waals surface area contributed by atoms with Gasteiger partial charge in [-0.25, -0.2) is 4.98 Å². The third-order valence-electron chi connectivity index (χ3n) is 2.91. The molecule has 3 heteroatoms. The Hall–Kier alpha value is -1.27. The number of terminal acetylenes is 1. The van der Waals surface area contributed by atoms with E-state index in [9.17, 15) is 0 Å². The predicted molar refractivity (Wildman–Crippen MR) is 60.5 cm³/mol. The Bertz CT molecular complexity index is 344. The van der Waals surface area contributed by atoms with E-state index in [0.29, 0.717) is 5.92 Å². The quantitative estimate of drug-likeness (QED) is 0.578. The van der Waals surface area contributed by atoms with Crippen molar-refractivity contribution in [2.75, 3.05) is 13.1 Å². The molecule has 0 unspecified atom stereocenters. The number of nitrogens with zero attached hydrogens (tertiary/aromatic N) is 2. The number of nitrogens with one attached hydrogen (secondary N) is 1. The summed E-state index contributed by atoms with van der Waals surface area (Å²) in [6.07, 6.45) is 12.3. The van der Waals surface area contributed by atoms with E-state index in [1.807, 2.05) is 12.5 Å². The maximum absolute atomic E-state index is 5.22. The molecule has 0 amide bonds. The van der Waals surface area contributed by atoms with Gasteiger partial charge in [-0.15, -0.1) is 12.3 Å². The standard InChI is InChI=1S/C12H17N3/c1-2-3-4-5-6-15-10-14-9-12(15)11-7-13-8-11/h1,9-11,13H,3-8H2. The molecule has 2 rings (SSSR count). The van der Waals surface area contributed by atoms with Crippen molar-refractivity contribution in [1.82, 2.24) is 14.9 Å². The van der Waals surface area contributed by atoms with Gasteiger partial charge < -0.3 is 9.88 Å². The lowest BCUT2D eigenvalue weighted by Crippen LogP contribution is -2.40. The molecule has 1 aromatic rings. The smallest absolute Gasteiger partial charge is 0.0948 e. The highest BCUT2D eigenvalue weighted by Gasteiger charge is 2.21. The summed E-state index contributed by atoms with van der Waals surface area (Å²) >= 11 is 0. The first-order valence-electron chi connectivity index (χ1n) is 5.56. The second-order valence-corrected chi connectivity index (χ2v) is 4.03. The molecule has 1 aliphatic rings. The molecule has 80 valence electrons. The zero-order chi connectivity index (χ0) is 10.5. The summed E-state index contributed by atoms with van der Waals surface area (Å²) in [4.78, 5) is 4.22. The van der Waals surface area contributed by atoms with E-state index in [0.717, 1.165) is 38.9 Å².